The highest BCUT2D eigenvalue weighted by atomic mass is 32.2. The first kappa shape index (κ1) is 13.9. The van der Waals surface area contributed by atoms with Gasteiger partial charge in [-0.2, -0.15) is 11.8 Å². The number of halogens is 1. The SMILES string of the molecule is O=C(CC1CC1)N1CCS[C@@H](c2ccccc2F)CC1. The summed E-state index contributed by atoms with van der Waals surface area (Å²) in [5.74, 6) is 1.71. The summed E-state index contributed by atoms with van der Waals surface area (Å²) < 4.78 is 13.8. The zero-order valence-electron chi connectivity index (χ0n) is 11.6. The van der Waals surface area contributed by atoms with Crippen molar-refractivity contribution in [1.29, 1.82) is 0 Å². The van der Waals surface area contributed by atoms with Gasteiger partial charge in [-0.3, -0.25) is 4.79 Å². The minimum atomic E-state index is -0.122. The topological polar surface area (TPSA) is 20.3 Å². The lowest BCUT2D eigenvalue weighted by Crippen LogP contribution is -2.33. The van der Waals surface area contributed by atoms with Crippen LogP contribution in [0.25, 0.3) is 0 Å². The molecule has 2 fully saturated rings. The molecule has 1 aromatic carbocycles. The summed E-state index contributed by atoms with van der Waals surface area (Å²) in [5.41, 5.74) is 0.786. The Morgan fingerprint density at radius 1 is 1.25 bits per heavy atom. The largest absolute Gasteiger partial charge is 0.342 e. The summed E-state index contributed by atoms with van der Waals surface area (Å²) in [5, 5.41) is 0.176. The van der Waals surface area contributed by atoms with E-state index in [0.29, 0.717) is 11.8 Å². The first-order valence-corrected chi connectivity index (χ1v) is 8.42. The van der Waals surface area contributed by atoms with Crippen LogP contribution in [0.3, 0.4) is 0 Å². The molecule has 0 radical (unpaired) electrons. The van der Waals surface area contributed by atoms with Gasteiger partial charge in [-0.05, 0) is 31.2 Å². The monoisotopic (exact) mass is 293 g/mol. The maximum Gasteiger partial charge on any atom is 0.222 e. The number of carbonyl (C=O) groups is 1. The molecule has 1 aliphatic carbocycles. The second-order valence-electron chi connectivity index (χ2n) is 5.70. The van der Waals surface area contributed by atoms with Crippen molar-refractivity contribution in [3.63, 3.8) is 0 Å². The molecule has 1 amide bonds. The van der Waals surface area contributed by atoms with E-state index in [0.717, 1.165) is 37.2 Å². The maximum absolute atomic E-state index is 13.8. The molecule has 2 nitrogen and oxygen atoms in total. The lowest BCUT2D eigenvalue weighted by molar-refractivity contribution is -0.131. The zero-order valence-corrected chi connectivity index (χ0v) is 12.4. The molecule has 1 saturated heterocycles. The van der Waals surface area contributed by atoms with Gasteiger partial charge in [0.1, 0.15) is 5.82 Å². The predicted octanol–water partition coefficient (Wildman–Crippen LogP) is 3.63. The fourth-order valence-corrected chi connectivity index (χ4v) is 3.96. The molecule has 1 atom stereocenters. The molecular formula is C16H20FNOS. The van der Waals surface area contributed by atoms with Crippen molar-refractivity contribution in [3.8, 4) is 0 Å². The van der Waals surface area contributed by atoms with Gasteiger partial charge in [0, 0.05) is 36.1 Å². The van der Waals surface area contributed by atoms with E-state index in [2.05, 4.69) is 0 Å². The molecule has 1 saturated carbocycles. The number of amides is 1. The van der Waals surface area contributed by atoms with Gasteiger partial charge < -0.3 is 4.90 Å². The van der Waals surface area contributed by atoms with Crippen molar-refractivity contribution in [2.24, 2.45) is 5.92 Å². The van der Waals surface area contributed by atoms with Crippen LogP contribution in [0.15, 0.2) is 24.3 Å². The van der Waals surface area contributed by atoms with Gasteiger partial charge in [0.05, 0.1) is 0 Å². The molecule has 2 aliphatic rings. The Kier molecular flexibility index (Phi) is 4.29. The quantitative estimate of drug-likeness (QED) is 0.848. The molecule has 0 spiro atoms. The van der Waals surface area contributed by atoms with E-state index in [-0.39, 0.29) is 11.1 Å². The molecule has 0 unspecified atom stereocenters. The molecule has 1 heterocycles. The van der Waals surface area contributed by atoms with Gasteiger partial charge in [-0.1, -0.05) is 18.2 Å². The van der Waals surface area contributed by atoms with E-state index in [4.69, 9.17) is 0 Å². The molecular weight excluding hydrogens is 273 g/mol. The lowest BCUT2D eigenvalue weighted by atomic mass is 10.1. The van der Waals surface area contributed by atoms with Crippen molar-refractivity contribution in [2.75, 3.05) is 18.8 Å². The third-order valence-electron chi connectivity index (χ3n) is 4.11. The number of hydrogen-bond donors (Lipinski definition) is 0. The number of carbonyl (C=O) groups excluding carboxylic acids is 1. The Morgan fingerprint density at radius 2 is 2.05 bits per heavy atom. The number of hydrogen-bond acceptors (Lipinski definition) is 2. The van der Waals surface area contributed by atoms with E-state index in [1.807, 2.05) is 17.0 Å². The van der Waals surface area contributed by atoms with Crippen LogP contribution in [0.5, 0.6) is 0 Å². The van der Waals surface area contributed by atoms with Gasteiger partial charge in [0.25, 0.3) is 0 Å². The zero-order chi connectivity index (χ0) is 13.9. The van der Waals surface area contributed by atoms with Crippen molar-refractivity contribution in [2.45, 2.75) is 30.9 Å². The molecule has 0 N–H and O–H groups in total. The van der Waals surface area contributed by atoms with Crippen LogP contribution in [0.4, 0.5) is 4.39 Å². The van der Waals surface area contributed by atoms with Gasteiger partial charge >= 0.3 is 0 Å². The van der Waals surface area contributed by atoms with E-state index in [1.54, 1.807) is 17.8 Å². The van der Waals surface area contributed by atoms with Crippen LogP contribution < -0.4 is 0 Å². The number of nitrogens with zero attached hydrogens (tertiary/aromatic N) is 1. The Labute approximate surface area is 123 Å². The summed E-state index contributed by atoms with van der Waals surface area (Å²) in [6.45, 7) is 1.57. The average molecular weight is 293 g/mol. The van der Waals surface area contributed by atoms with Crippen molar-refractivity contribution >= 4 is 17.7 Å². The molecule has 1 aromatic rings. The van der Waals surface area contributed by atoms with Crippen molar-refractivity contribution < 1.29 is 9.18 Å². The van der Waals surface area contributed by atoms with E-state index in [9.17, 15) is 9.18 Å². The summed E-state index contributed by atoms with van der Waals surface area (Å²) in [4.78, 5) is 14.1. The minimum absolute atomic E-state index is 0.122. The standard InChI is InChI=1S/C16H20FNOS/c17-14-4-2-1-3-13(14)15-7-8-18(9-10-20-15)16(19)11-12-5-6-12/h1-4,12,15H,5-11H2/t15-/m1/s1. The van der Waals surface area contributed by atoms with Crippen LogP contribution >= 0.6 is 11.8 Å². The fourth-order valence-electron chi connectivity index (χ4n) is 2.70. The van der Waals surface area contributed by atoms with Crippen molar-refractivity contribution in [1.82, 2.24) is 4.90 Å². The number of rotatable bonds is 3. The molecule has 3 rings (SSSR count). The lowest BCUT2D eigenvalue weighted by Gasteiger charge is -2.20. The van der Waals surface area contributed by atoms with Gasteiger partial charge in [0.2, 0.25) is 5.91 Å². The molecule has 108 valence electrons. The number of benzene rings is 1. The predicted molar refractivity (Wildman–Crippen MR) is 80.1 cm³/mol. The Balaban J connectivity index is 1.61. The summed E-state index contributed by atoms with van der Waals surface area (Å²) in [6, 6.07) is 7.01. The molecule has 0 aromatic heterocycles. The smallest absolute Gasteiger partial charge is 0.222 e. The Hall–Kier alpha value is -1.03. The highest BCUT2D eigenvalue weighted by Crippen LogP contribution is 2.37. The molecule has 0 bridgehead atoms. The summed E-state index contributed by atoms with van der Waals surface area (Å²) in [7, 11) is 0. The minimum Gasteiger partial charge on any atom is -0.342 e. The van der Waals surface area contributed by atoms with Gasteiger partial charge in [0.15, 0.2) is 0 Å². The third-order valence-corrected chi connectivity index (χ3v) is 5.42. The van der Waals surface area contributed by atoms with Crippen LogP contribution in [-0.4, -0.2) is 29.6 Å². The van der Waals surface area contributed by atoms with Crippen LogP contribution in [0.2, 0.25) is 0 Å². The molecule has 1 aliphatic heterocycles. The number of thioether (sulfide) groups is 1. The Morgan fingerprint density at radius 3 is 2.80 bits per heavy atom. The van der Waals surface area contributed by atoms with Crippen LogP contribution in [0.1, 0.15) is 36.5 Å². The summed E-state index contributed by atoms with van der Waals surface area (Å²) >= 11 is 1.77. The first-order valence-electron chi connectivity index (χ1n) is 7.38. The van der Waals surface area contributed by atoms with E-state index in [1.165, 1.54) is 18.9 Å². The van der Waals surface area contributed by atoms with E-state index >= 15 is 0 Å². The van der Waals surface area contributed by atoms with Crippen LogP contribution in [0, 0.1) is 11.7 Å². The van der Waals surface area contributed by atoms with E-state index < -0.39 is 0 Å². The van der Waals surface area contributed by atoms with Crippen LogP contribution in [-0.2, 0) is 4.79 Å². The first-order chi connectivity index (χ1) is 9.74. The highest BCUT2D eigenvalue weighted by Gasteiger charge is 2.29. The Bertz CT molecular complexity index is 489. The normalized spacial score (nSPS) is 23.4. The summed E-state index contributed by atoms with van der Waals surface area (Å²) in [6.07, 6.45) is 4.00. The second kappa shape index (κ2) is 6.17. The molecule has 20 heavy (non-hydrogen) atoms. The van der Waals surface area contributed by atoms with Crippen molar-refractivity contribution in [3.05, 3.63) is 35.6 Å². The highest BCUT2D eigenvalue weighted by molar-refractivity contribution is 7.99. The second-order valence-corrected chi connectivity index (χ2v) is 7.01. The molecule has 4 heteroatoms. The maximum atomic E-state index is 13.8. The fraction of sp³-hybridized carbons (Fsp3) is 0.562. The third kappa shape index (κ3) is 3.35. The van der Waals surface area contributed by atoms with Gasteiger partial charge in [-0.15, -0.1) is 0 Å². The average Bonchev–Trinajstić information content (AvgIpc) is 3.25. The van der Waals surface area contributed by atoms with Gasteiger partial charge in [-0.25, -0.2) is 4.39 Å².